The first-order valence-electron chi connectivity index (χ1n) is 16.8. The molecule has 0 bridgehead atoms. The molecule has 1 fully saturated rings. The molecule has 0 spiro atoms. The molecule has 1 aliphatic heterocycles. The molecule has 2 N–H and O–H groups in total. The summed E-state index contributed by atoms with van der Waals surface area (Å²) in [6, 6.07) is 3.78. The fraction of sp³-hybridized carbons (Fsp3) is 0.541. The van der Waals surface area contributed by atoms with Gasteiger partial charge >= 0.3 is 0 Å². The van der Waals surface area contributed by atoms with Crippen molar-refractivity contribution in [2.75, 3.05) is 66.1 Å². The lowest BCUT2D eigenvalue weighted by Gasteiger charge is -2.26. The minimum atomic E-state index is -0.114. The Kier molecular flexibility index (Phi) is 21.8. The van der Waals surface area contributed by atoms with Gasteiger partial charge in [-0.15, -0.1) is 0 Å². The smallest absolute Gasteiger partial charge is 0.252 e. The van der Waals surface area contributed by atoms with Gasteiger partial charge in [0.05, 0.1) is 18.8 Å². The van der Waals surface area contributed by atoms with Gasteiger partial charge in [-0.2, -0.15) is 0 Å². The average Bonchev–Trinajstić information content (AvgIpc) is 3.06. The molecule has 0 radical (unpaired) electrons. The van der Waals surface area contributed by atoms with Crippen LogP contribution in [0.4, 0.5) is 0 Å². The second-order valence-electron chi connectivity index (χ2n) is 11.3. The van der Waals surface area contributed by atoms with E-state index in [0.29, 0.717) is 31.6 Å². The van der Waals surface area contributed by atoms with E-state index in [9.17, 15) is 9.59 Å². The van der Waals surface area contributed by atoms with Crippen LogP contribution in [0.25, 0.3) is 0 Å². The Hall–Kier alpha value is -3.33. The zero-order valence-electron chi connectivity index (χ0n) is 27.8. The lowest BCUT2D eigenvalue weighted by Crippen LogP contribution is -2.37. The summed E-state index contributed by atoms with van der Waals surface area (Å²) >= 11 is 0. The molecule has 0 aliphatic carbocycles. The molecule has 2 rings (SSSR count). The Labute approximate surface area is 272 Å². The minimum Gasteiger partial charge on any atom is -0.379 e. The lowest BCUT2D eigenvalue weighted by atomic mass is 10.2. The maximum absolute atomic E-state index is 12.5. The van der Waals surface area contributed by atoms with Crippen molar-refractivity contribution >= 4 is 11.8 Å². The van der Waals surface area contributed by atoms with Crippen molar-refractivity contribution in [1.29, 1.82) is 0 Å². The highest BCUT2D eigenvalue weighted by molar-refractivity contribution is 5.93. The van der Waals surface area contributed by atoms with E-state index in [0.717, 1.165) is 96.5 Å². The molecule has 1 aliphatic rings. The molecule has 8 nitrogen and oxygen atoms in total. The van der Waals surface area contributed by atoms with Crippen LogP contribution in [-0.2, 0) is 16.0 Å². The molecule has 0 unspecified atom stereocenters. The van der Waals surface area contributed by atoms with Gasteiger partial charge in [-0.25, -0.2) is 0 Å². The number of allylic oxidation sites excluding steroid dienone is 10. The van der Waals surface area contributed by atoms with Crippen molar-refractivity contribution in [3.8, 4) is 0 Å². The standard InChI is InChI=1S/C37H57N5O3/c1-3-4-5-6-7-8-9-10-11-12-13-14-15-16-17-18-19-20-36(43)38-24-27-41(2)28-25-39-37(44)34-21-22-35(40-33-34)23-26-42-29-31-45-32-30-42/h4-5,7-8,10-11,13-14,16-17,21-22,33H,3,6,9,12,15,18-20,23-32H2,1-2H3,(H,38,43)(H,39,44)/b5-4+,8-7+,11-10+,14-13+,17-16+. The number of hydrogen-bond acceptors (Lipinski definition) is 6. The molecule has 2 amide bonds. The lowest BCUT2D eigenvalue weighted by molar-refractivity contribution is -0.121. The van der Waals surface area contributed by atoms with Crippen LogP contribution < -0.4 is 10.6 Å². The van der Waals surface area contributed by atoms with E-state index in [1.54, 1.807) is 6.20 Å². The quantitative estimate of drug-likeness (QED) is 0.122. The van der Waals surface area contributed by atoms with Crippen LogP contribution in [0.3, 0.4) is 0 Å². The van der Waals surface area contributed by atoms with E-state index < -0.39 is 0 Å². The van der Waals surface area contributed by atoms with Crippen molar-refractivity contribution in [3.63, 3.8) is 0 Å². The predicted octanol–water partition coefficient (Wildman–Crippen LogP) is 5.66. The molecule has 248 valence electrons. The fourth-order valence-electron chi connectivity index (χ4n) is 4.60. The third-order valence-corrected chi connectivity index (χ3v) is 7.40. The largest absolute Gasteiger partial charge is 0.379 e. The summed E-state index contributed by atoms with van der Waals surface area (Å²) in [5, 5.41) is 5.95. The summed E-state index contributed by atoms with van der Waals surface area (Å²) in [6.45, 7) is 9.20. The van der Waals surface area contributed by atoms with Crippen LogP contribution in [0.1, 0.15) is 74.3 Å². The number of aromatic nitrogens is 1. The topological polar surface area (TPSA) is 86.8 Å². The number of rotatable bonds is 23. The molecular weight excluding hydrogens is 562 g/mol. The number of nitrogens with one attached hydrogen (secondary N) is 2. The number of carbonyl (C=O) groups excluding carboxylic acids is 2. The second kappa shape index (κ2) is 25.9. The third kappa shape index (κ3) is 20.3. The van der Waals surface area contributed by atoms with Gasteiger partial charge in [0, 0.05) is 70.5 Å². The average molecular weight is 620 g/mol. The van der Waals surface area contributed by atoms with E-state index in [4.69, 9.17) is 4.74 Å². The zero-order chi connectivity index (χ0) is 32.2. The van der Waals surface area contributed by atoms with Crippen molar-refractivity contribution in [2.24, 2.45) is 0 Å². The van der Waals surface area contributed by atoms with E-state index in [2.05, 4.69) is 93.1 Å². The Morgan fingerprint density at radius 3 is 2.07 bits per heavy atom. The van der Waals surface area contributed by atoms with E-state index in [1.807, 2.05) is 19.2 Å². The molecule has 0 aromatic carbocycles. The minimum absolute atomic E-state index is 0.0879. The molecule has 1 aromatic heterocycles. The van der Waals surface area contributed by atoms with Crippen LogP contribution in [0.2, 0.25) is 0 Å². The van der Waals surface area contributed by atoms with Crippen molar-refractivity contribution < 1.29 is 14.3 Å². The number of morpholine rings is 1. The SMILES string of the molecule is CC/C=C/C/C=C/C/C=C/C/C=C/C/C=C/CCCC(=O)NCCN(C)CCNC(=O)c1ccc(CCN2CCOCC2)nc1. The normalized spacial score (nSPS) is 14.6. The van der Waals surface area contributed by atoms with Gasteiger partial charge in [-0.1, -0.05) is 67.7 Å². The zero-order valence-corrected chi connectivity index (χ0v) is 27.8. The molecule has 45 heavy (non-hydrogen) atoms. The summed E-state index contributed by atoms with van der Waals surface area (Å²) in [6.07, 6.45) is 31.7. The van der Waals surface area contributed by atoms with Gasteiger partial charge in [0.1, 0.15) is 0 Å². The first kappa shape index (κ1) is 37.9. The van der Waals surface area contributed by atoms with Crippen molar-refractivity contribution in [2.45, 2.75) is 64.7 Å². The first-order chi connectivity index (χ1) is 22.1. The van der Waals surface area contributed by atoms with Crippen molar-refractivity contribution in [3.05, 3.63) is 90.3 Å². The van der Waals surface area contributed by atoms with E-state index in [1.165, 1.54) is 0 Å². The number of ether oxygens (including phenoxy) is 1. The van der Waals surface area contributed by atoms with Crippen LogP contribution in [0.5, 0.6) is 0 Å². The number of carbonyl (C=O) groups is 2. The van der Waals surface area contributed by atoms with Crippen LogP contribution >= 0.6 is 0 Å². The Morgan fingerprint density at radius 2 is 1.47 bits per heavy atom. The number of likely N-dealkylation sites (N-methyl/N-ethyl adjacent to an activating group) is 1. The Morgan fingerprint density at radius 1 is 0.867 bits per heavy atom. The van der Waals surface area contributed by atoms with E-state index >= 15 is 0 Å². The molecular formula is C37H57N5O3. The summed E-state index contributed by atoms with van der Waals surface area (Å²) in [7, 11) is 1.99. The summed E-state index contributed by atoms with van der Waals surface area (Å²) in [4.78, 5) is 33.6. The van der Waals surface area contributed by atoms with Crippen LogP contribution in [-0.4, -0.2) is 92.7 Å². The number of pyridine rings is 1. The molecule has 1 aromatic rings. The highest BCUT2D eigenvalue weighted by Gasteiger charge is 2.11. The van der Waals surface area contributed by atoms with Gasteiger partial charge in [-0.3, -0.25) is 19.5 Å². The monoisotopic (exact) mass is 619 g/mol. The summed E-state index contributed by atoms with van der Waals surface area (Å²) in [5.74, 6) is -0.0265. The van der Waals surface area contributed by atoms with Crippen molar-refractivity contribution in [1.82, 2.24) is 25.4 Å². The van der Waals surface area contributed by atoms with Gasteiger partial charge in [-0.05, 0) is 64.1 Å². The van der Waals surface area contributed by atoms with Gasteiger partial charge in [0.25, 0.3) is 5.91 Å². The maximum Gasteiger partial charge on any atom is 0.252 e. The number of amides is 2. The maximum atomic E-state index is 12.5. The van der Waals surface area contributed by atoms with E-state index in [-0.39, 0.29) is 11.8 Å². The van der Waals surface area contributed by atoms with Crippen LogP contribution in [0.15, 0.2) is 79.1 Å². The summed E-state index contributed by atoms with van der Waals surface area (Å²) < 4.78 is 5.39. The van der Waals surface area contributed by atoms with Gasteiger partial charge < -0.3 is 20.3 Å². The Bertz CT molecular complexity index is 1070. The number of unbranched alkanes of at least 4 members (excludes halogenated alkanes) is 1. The highest BCUT2D eigenvalue weighted by atomic mass is 16.5. The van der Waals surface area contributed by atoms with Crippen LogP contribution in [0, 0.1) is 0 Å². The fourth-order valence-corrected chi connectivity index (χ4v) is 4.60. The van der Waals surface area contributed by atoms with Gasteiger partial charge in [0.15, 0.2) is 0 Å². The number of nitrogens with zero attached hydrogens (tertiary/aromatic N) is 3. The first-order valence-corrected chi connectivity index (χ1v) is 16.8. The Balaban J connectivity index is 1.42. The summed E-state index contributed by atoms with van der Waals surface area (Å²) in [5.41, 5.74) is 1.57. The molecule has 0 saturated carbocycles. The predicted molar refractivity (Wildman–Crippen MR) is 186 cm³/mol. The molecule has 0 atom stereocenters. The third-order valence-electron chi connectivity index (χ3n) is 7.40. The molecule has 1 saturated heterocycles. The number of hydrogen-bond donors (Lipinski definition) is 2. The highest BCUT2D eigenvalue weighted by Crippen LogP contribution is 2.04. The van der Waals surface area contributed by atoms with Gasteiger partial charge in [0.2, 0.25) is 5.91 Å². The molecule has 8 heteroatoms. The molecule has 2 heterocycles. The second-order valence-corrected chi connectivity index (χ2v) is 11.3.